The molecule has 0 bridgehead atoms. The summed E-state index contributed by atoms with van der Waals surface area (Å²) in [5.41, 5.74) is 1.80. The van der Waals surface area contributed by atoms with Gasteiger partial charge in [-0.05, 0) is 12.1 Å². The number of nitrogens with zero attached hydrogens (tertiary/aromatic N) is 1. The van der Waals surface area contributed by atoms with E-state index in [0.29, 0.717) is 11.5 Å². The molecule has 0 spiro atoms. The molecule has 3 rings (SSSR count). The minimum absolute atomic E-state index is 0.556. The summed E-state index contributed by atoms with van der Waals surface area (Å²) in [6.07, 6.45) is 2.25. The van der Waals surface area contributed by atoms with Crippen LogP contribution in [0.3, 0.4) is 0 Å². The van der Waals surface area contributed by atoms with Gasteiger partial charge in [-0.25, -0.2) is 4.98 Å². The van der Waals surface area contributed by atoms with Crippen LogP contribution in [-0.2, 0) is 4.79 Å². The minimum Gasteiger partial charge on any atom is -0.463 e. The van der Waals surface area contributed by atoms with Crippen molar-refractivity contribution in [1.29, 1.82) is 0 Å². The van der Waals surface area contributed by atoms with Gasteiger partial charge in [-0.15, -0.1) is 0 Å². The Morgan fingerprint density at radius 2 is 2.00 bits per heavy atom. The number of carbonyl (C=O) groups is 1. The monoisotopic (exact) mass is 270 g/mol. The molecule has 0 saturated heterocycles. The number of amides is 1. The molecule has 94 valence electrons. The first-order chi connectivity index (χ1) is 9.38. The number of nitrogens with one attached hydrogen (secondary N) is 1. The van der Waals surface area contributed by atoms with Gasteiger partial charge < -0.3 is 9.73 Å². The highest BCUT2D eigenvalue weighted by Crippen LogP contribution is 2.38. The molecule has 1 N–H and O–H groups in total. The van der Waals surface area contributed by atoms with Crippen molar-refractivity contribution in [2.24, 2.45) is 0 Å². The highest BCUT2D eigenvalue weighted by atomic mass is 32.1. The molecule has 4 nitrogen and oxygen atoms in total. The third kappa shape index (κ3) is 2.28. The first-order valence-corrected chi connectivity index (χ1v) is 6.50. The van der Waals surface area contributed by atoms with E-state index in [0.717, 1.165) is 21.9 Å². The van der Waals surface area contributed by atoms with Crippen molar-refractivity contribution in [3.05, 3.63) is 48.7 Å². The third-order valence-corrected chi connectivity index (χ3v) is 3.60. The van der Waals surface area contributed by atoms with Crippen molar-refractivity contribution >= 4 is 22.9 Å². The Morgan fingerprint density at radius 1 is 1.16 bits per heavy atom. The molecule has 0 radical (unpaired) electrons. The Labute approximate surface area is 113 Å². The number of benzene rings is 1. The van der Waals surface area contributed by atoms with Crippen molar-refractivity contribution in [3.63, 3.8) is 0 Å². The molecule has 0 aliphatic carbocycles. The summed E-state index contributed by atoms with van der Waals surface area (Å²) in [5, 5.41) is 3.14. The van der Waals surface area contributed by atoms with E-state index in [1.54, 1.807) is 6.26 Å². The second kappa shape index (κ2) is 5.07. The molecule has 0 fully saturated rings. The van der Waals surface area contributed by atoms with E-state index >= 15 is 0 Å². The smallest absolute Gasteiger partial charge is 0.213 e. The van der Waals surface area contributed by atoms with E-state index in [2.05, 4.69) is 10.3 Å². The molecule has 0 unspecified atom stereocenters. The van der Waals surface area contributed by atoms with Gasteiger partial charge in [-0.1, -0.05) is 41.7 Å². The van der Waals surface area contributed by atoms with Crippen molar-refractivity contribution in [3.8, 4) is 21.9 Å². The van der Waals surface area contributed by atoms with Crippen LogP contribution in [0.5, 0.6) is 0 Å². The fourth-order valence-electron chi connectivity index (χ4n) is 1.80. The lowest BCUT2D eigenvalue weighted by Crippen LogP contribution is -1.91. The molecule has 2 heterocycles. The van der Waals surface area contributed by atoms with Crippen LogP contribution in [-0.4, -0.2) is 11.4 Å². The van der Waals surface area contributed by atoms with Crippen LogP contribution in [0.2, 0.25) is 0 Å². The third-order valence-electron chi connectivity index (χ3n) is 2.60. The van der Waals surface area contributed by atoms with Crippen LogP contribution >= 0.6 is 11.3 Å². The predicted molar refractivity (Wildman–Crippen MR) is 74.9 cm³/mol. The second-order valence-electron chi connectivity index (χ2n) is 3.80. The molecule has 2 aromatic heterocycles. The minimum atomic E-state index is 0.556. The summed E-state index contributed by atoms with van der Waals surface area (Å²) >= 11 is 1.39. The number of hydrogen-bond donors (Lipinski definition) is 1. The summed E-state index contributed by atoms with van der Waals surface area (Å²) in [4.78, 5) is 15.9. The van der Waals surface area contributed by atoms with Crippen LogP contribution in [0.1, 0.15) is 0 Å². The highest BCUT2D eigenvalue weighted by molar-refractivity contribution is 7.19. The van der Waals surface area contributed by atoms with Crippen LogP contribution in [0.4, 0.5) is 5.13 Å². The predicted octanol–water partition coefficient (Wildman–Crippen LogP) is 3.64. The van der Waals surface area contributed by atoms with Gasteiger partial charge in [-0.3, -0.25) is 4.79 Å². The fraction of sp³-hybridized carbons (Fsp3) is 0. The van der Waals surface area contributed by atoms with Crippen molar-refractivity contribution in [2.45, 2.75) is 0 Å². The second-order valence-corrected chi connectivity index (χ2v) is 4.80. The standard InChI is InChI=1S/C14H10N2O2S/c17-9-15-14-16-12(10-5-2-1-3-6-10)13(19-14)11-7-4-8-18-11/h1-9H,(H,15,16,17). The van der Waals surface area contributed by atoms with E-state index in [1.165, 1.54) is 11.3 Å². The number of carbonyl (C=O) groups excluding carboxylic acids is 1. The molecule has 1 amide bonds. The van der Waals surface area contributed by atoms with Gasteiger partial charge >= 0.3 is 0 Å². The summed E-state index contributed by atoms with van der Waals surface area (Å²) in [7, 11) is 0. The Bertz CT molecular complexity index is 675. The molecular weight excluding hydrogens is 260 g/mol. The Hall–Kier alpha value is -2.40. The van der Waals surface area contributed by atoms with Crippen molar-refractivity contribution in [1.82, 2.24) is 4.98 Å². The Balaban J connectivity index is 2.14. The van der Waals surface area contributed by atoms with Crippen LogP contribution in [0, 0.1) is 0 Å². The van der Waals surface area contributed by atoms with E-state index in [9.17, 15) is 4.79 Å². The first-order valence-electron chi connectivity index (χ1n) is 5.69. The average Bonchev–Trinajstić information content (AvgIpc) is 3.08. The summed E-state index contributed by atoms with van der Waals surface area (Å²) in [5.74, 6) is 0.746. The van der Waals surface area contributed by atoms with Crippen molar-refractivity contribution in [2.75, 3.05) is 5.32 Å². The number of anilines is 1. The lowest BCUT2D eigenvalue weighted by Gasteiger charge is -1.99. The van der Waals surface area contributed by atoms with Gasteiger partial charge in [0.05, 0.1) is 16.8 Å². The van der Waals surface area contributed by atoms with Gasteiger partial charge in [0.15, 0.2) is 5.13 Å². The van der Waals surface area contributed by atoms with Gasteiger partial charge in [0.25, 0.3) is 0 Å². The molecular formula is C14H10N2O2S. The van der Waals surface area contributed by atoms with Crippen LogP contribution < -0.4 is 5.32 Å². The summed E-state index contributed by atoms with van der Waals surface area (Å²) in [6.45, 7) is 0. The Morgan fingerprint density at radius 3 is 2.68 bits per heavy atom. The molecule has 0 aliphatic heterocycles. The highest BCUT2D eigenvalue weighted by Gasteiger charge is 2.16. The van der Waals surface area contributed by atoms with Gasteiger partial charge in [0, 0.05) is 5.56 Å². The Kier molecular flexibility index (Phi) is 3.12. The normalized spacial score (nSPS) is 10.3. The van der Waals surface area contributed by atoms with Gasteiger partial charge in [-0.2, -0.15) is 0 Å². The molecule has 19 heavy (non-hydrogen) atoms. The maximum Gasteiger partial charge on any atom is 0.213 e. The molecule has 0 aliphatic rings. The zero-order valence-electron chi connectivity index (χ0n) is 9.87. The largest absolute Gasteiger partial charge is 0.463 e. The maximum absolute atomic E-state index is 10.5. The zero-order chi connectivity index (χ0) is 13.1. The molecule has 3 aromatic rings. The lowest BCUT2D eigenvalue weighted by atomic mass is 10.1. The SMILES string of the molecule is O=CNc1nc(-c2ccccc2)c(-c2ccco2)s1. The van der Waals surface area contributed by atoms with Crippen LogP contribution in [0.25, 0.3) is 21.9 Å². The average molecular weight is 270 g/mol. The van der Waals surface area contributed by atoms with Crippen molar-refractivity contribution < 1.29 is 9.21 Å². The number of furan rings is 1. The summed E-state index contributed by atoms with van der Waals surface area (Å²) < 4.78 is 5.43. The van der Waals surface area contributed by atoms with Gasteiger partial charge in [0.2, 0.25) is 6.41 Å². The maximum atomic E-state index is 10.5. The first kappa shape index (κ1) is 11.7. The molecule has 5 heteroatoms. The lowest BCUT2D eigenvalue weighted by molar-refractivity contribution is -0.105. The van der Waals surface area contributed by atoms with E-state index in [-0.39, 0.29) is 0 Å². The van der Waals surface area contributed by atoms with Crippen LogP contribution in [0.15, 0.2) is 53.1 Å². The number of hydrogen-bond acceptors (Lipinski definition) is 4. The molecule has 0 saturated carbocycles. The number of aromatic nitrogens is 1. The molecule has 1 aromatic carbocycles. The number of thiazole rings is 1. The fourth-order valence-corrected chi connectivity index (χ4v) is 2.71. The van der Waals surface area contributed by atoms with E-state index in [1.807, 2.05) is 42.5 Å². The number of rotatable bonds is 4. The topological polar surface area (TPSA) is 55.1 Å². The zero-order valence-corrected chi connectivity index (χ0v) is 10.7. The quantitative estimate of drug-likeness (QED) is 0.736. The van der Waals surface area contributed by atoms with E-state index in [4.69, 9.17) is 4.42 Å². The summed E-state index contributed by atoms with van der Waals surface area (Å²) in [6, 6.07) is 13.5. The van der Waals surface area contributed by atoms with E-state index < -0.39 is 0 Å². The van der Waals surface area contributed by atoms with Gasteiger partial charge in [0.1, 0.15) is 5.76 Å². The molecule has 0 atom stereocenters.